The highest BCUT2D eigenvalue weighted by atomic mass is 16.5. The van der Waals surface area contributed by atoms with E-state index in [4.69, 9.17) is 9.84 Å². The molecule has 0 aliphatic heterocycles. The van der Waals surface area contributed by atoms with Gasteiger partial charge in [0.2, 0.25) is 0 Å². The third-order valence-corrected chi connectivity index (χ3v) is 3.91. The van der Waals surface area contributed by atoms with Gasteiger partial charge in [-0.25, -0.2) is 9.59 Å². The van der Waals surface area contributed by atoms with Gasteiger partial charge in [0.25, 0.3) is 0 Å². The van der Waals surface area contributed by atoms with E-state index >= 15 is 0 Å². The second kappa shape index (κ2) is 7.53. The van der Waals surface area contributed by atoms with Gasteiger partial charge in [0.15, 0.2) is 0 Å². The zero-order valence-electron chi connectivity index (χ0n) is 13.8. The van der Waals surface area contributed by atoms with Gasteiger partial charge in [0.1, 0.15) is 12.4 Å². The number of carboxylic acid groups (broad SMARTS) is 2. The van der Waals surface area contributed by atoms with E-state index < -0.39 is 11.9 Å². The molecule has 0 fully saturated rings. The van der Waals surface area contributed by atoms with Crippen molar-refractivity contribution < 1.29 is 24.5 Å². The second-order valence-corrected chi connectivity index (χ2v) is 5.67. The summed E-state index contributed by atoms with van der Waals surface area (Å²) in [5, 5.41) is 18.3. The molecular formula is C21H16O5. The van der Waals surface area contributed by atoms with E-state index in [0.717, 1.165) is 11.1 Å². The molecule has 0 amide bonds. The van der Waals surface area contributed by atoms with Gasteiger partial charge in [-0.3, -0.25) is 0 Å². The van der Waals surface area contributed by atoms with Gasteiger partial charge >= 0.3 is 11.9 Å². The van der Waals surface area contributed by atoms with Crippen LogP contribution in [0.1, 0.15) is 26.3 Å². The topological polar surface area (TPSA) is 83.8 Å². The first-order chi connectivity index (χ1) is 12.5. The number of hydrogen-bond donors (Lipinski definition) is 2. The Morgan fingerprint density at radius 2 is 1.54 bits per heavy atom. The van der Waals surface area contributed by atoms with Crippen molar-refractivity contribution in [1.29, 1.82) is 0 Å². The number of hydrogen-bond acceptors (Lipinski definition) is 3. The van der Waals surface area contributed by atoms with Gasteiger partial charge in [0, 0.05) is 0 Å². The number of benzene rings is 3. The fourth-order valence-electron chi connectivity index (χ4n) is 2.59. The summed E-state index contributed by atoms with van der Waals surface area (Å²) in [5.74, 6) is -1.49. The van der Waals surface area contributed by atoms with E-state index in [9.17, 15) is 14.7 Å². The third-order valence-electron chi connectivity index (χ3n) is 3.91. The Bertz CT molecular complexity index is 945. The molecule has 0 bridgehead atoms. The van der Waals surface area contributed by atoms with Crippen LogP contribution in [0.15, 0.2) is 72.8 Å². The minimum absolute atomic E-state index is 0.170. The van der Waals surface area contributed by atoms with Crippen molar-refractivity contribution in [3.8, 4) is 16.9 Å². The molecular weight excluding hydrogens is 332 g/mol. The molecule has 0 saturated heterocycles. The lowest BCUT2D eigenvalue weighted by atomic mass is 9.99. The van der Waals surface area contributed by atoms with E-state index in [1.54, 1.807) is 36.4 Å². The van der Waals surface area contributed by atoms with Crippen molar-refractivity contribution in [1.82, 2.24) is 0 Å². The van der Waals surface area contributed by atoms with Gasteiger partial charge in [0.05, 0.1) is 11.1 Å². The molecule has 3 aromatic rings. The molecule has 0 atom stereocenters. The molecule has 0 heterocycles. The molecule has 2 N–H and O–H groups in total. The van der Waals surface area contributed by atoms with Crippen LogP contribution in [0.3, 0.4) is 0 Å². The van der Waals surface area contributed by atoms with E-state index in [-0.39, 0.29) is 17.7 Å². The summed E-state index contributed by atoms with van der Waals surface area (Å²) in [6, 6.07) is 20.5. The summed E-state index contributed by atoms with van der Waals surface area (Å²) in [6.45, 7) is 0.282. The summed E-state index contributed by atoms with van der Waals surface area (Å²) in [5.41, 5.74) is 2.77. The van der Waals surface area contributed by atoms with Crippen LogP contribution in [0.4, 0.5) is 0 Å². The van der Waals surface area contributed by atoms with Gasteiger partial charge in [-0.2, -0.15) is 0 Å². The molecule has 130 valence electrons. The van der Waals surface area contributed by atoms with Crippen LogP contribution in [0.2, 0.25) is 0 Å². The monoisotopic (exact) mass is 348 g/mol. The van der Waals surface area contributed by atoms with Gasteiger partial charge in [-0.1, -0.05) is 48.5 Å². The zero-order valence-corrected chi connectivity index (χ0v) is 13.8. The van der Waals surface area contributed by atoms with Crippen LogP contribution in [-0.4, -0.2) is 22.2 Å². The highest BCUT2D eigenvalue weighted by Gasteiger charge is 2.10. The molecule has 26 heavy (non-hydrogen) atoms. The Morgan fingerprint density at radius 3 is 2.23 bits per heavy atom. The lowest BCUT2D eigenvalue weighted by Crippen LogP contribution is -2.00. The predicted molar refractivity (Wildman–Crippen MR) is 96.6 cm³/mol. The van der Waals surface area contributed by atoms with E-state index in [1.807, 2.05) is 24.3 Å². The summed E-state index contributed by atoms with van der Waals surface area (Å²) in [6.07, 6.45) is 0. The molecule has 5 heteroatoms. The molecule has 5 nitrogen and oxygen atoms in total. The summed E-state index contributed by atoms with van der Waals surface area (Å²) < 4.78 is 5.63. The number of carboxylic acids is 2. The summed E-state index contributed by atoms with van der Waals surface area (Å²) in [4.78, 5) is 22.3. The first kappa shape index (κ1) is 17.2. The SMILES string of the molecule is O=C(O)c1cccc(OCc2ccc(-c3ccccc3C(=O)O)cc2)c1. The first-order valence-corrected chi connectivity index (χ1v) is 7.92. The average Bonchev–Trinajstić information content (AvgIpc) is 2.67. The highest BCUT2D eigenvalue weighted by Crippen LogP contribution is 2.24. The lowest BCUT2D eigenvalue weighted by Gasteiger charge is -2.09. The maximum atomic E-state index is 11.3. The van der Waals surface area contributed by atoms with E-state index in [2.05, 4.69) is 0 Å². The van der Waals surface area contributed by atoms with E-state index in [1.165, 1.54) is 12.1 Å². The lowest BCUT2D eigenvalue weighted by molar-refractivity contribution is 0.0686. The van der Waals surface area contributed by atoms with Crippen LogP contribution >= 0.6 is 0 Å². The Morgan fingerprint density at radius 1 is 0.808 bits per heavy atom. The van der Waals surface area contributed by atoms with Crippen molar-refractivity contribution in [2.24, 2.45) is 0 Å². The molecule has 0 aromatic heterocycles. The molecule has 0 aliphatic carbocycles. The molecule has 0 saturated carbocycles. The number of carbonyl (C=O) groups is 2. The molecule has 0 aliphatic rings. The van der Waals surface area contributed by atoms with Crippen molar-refractivity contribution in [2.45, 2.75) is 6.61 Å². The van der Waals surface area contributed by atoms with Gasteiger partial charge < -0.3 is 14.9 Å². The Labute approximate surface area is 150 Å². The fraction of sp³-hybridized carbons (Fsp3) is 0.0476. The third kappa shape index (κ3) is 3.89. The van der Waals surface area contributed by atoms with Gasteiger partial charge in [-0.05, 0) is 41.0 Å². The largest absolute Gasteiger partial charge is 0.489 e. The Kier molecular flexibility index (Phi) is 4.99. The minimum Gasteiger partial charge on any atom is -0.489 e. The maximum absolute atomic E-state index is 11.3. The number of rotatable bonds is 6. The van der Waals surface area contributed by atoms with Crippen molar-refractivity contribution >= 4 is 11.9 Å². The standard InChI is InChI=1S/C21H16O5/c22-20(23)16-4-3-5-17(12-16)26-13-14-8-10-15(11-9-14)18-6-1-2-7-19(18)21(24)25/h1-12H,13H2,(H,22,23)(H,24,25). The van der Waals surface area contributed by atoms with Crippen molar-refractivity contribution in [3.63, 3.8) is 0 Å². The van der Waals surface area contributed by atoms with Crippen LogP contribution in [-0.2, 0) is 6.61 Å². The Balaban J connectivity index is 1.74. The summed E-state index contributed by atoms with van der Waals surface area (Å²) >= 11 is 0. The molecule has 3 aromatic carbocycles. The second-order valence-electron chi connectivity index (χ2n) is 5.67. The predicted octanol–water partition coefficient (Wildman–Crippen LogP) is 4.33. The van der Waals surface area contributed by atoms with Crippen molar-refractivity contribution in [2.75, 3.05) is 0 Å². The summed E-state index contributed by atoms with van der Waals surface area (Å²) in [7, 11) is 0. The van der Waals surface area contributed by atoms with Crippen LogP contribution in [0.25, 0.3) is 11.1 Å². The number of aromatic carboxylic acids is 2. The molecule has 3 rings (SSSR count). The zero-order chi connectivity index (χ0) is 18.5. The van der Waals surface area contributed by atoms with E-state index in [0.29, 0.717) is 11.3 Å². The maximum Gasteiger partial charge on any atom is 0.336 e. The molecule has 0 unspecified atom stereocenters. The molecule has 0 radical (unpaired) electrons. The number of ether oxygens (including phenoxy) is 1. The Hall–Kier alpha value is -3.60. The van der Waals surface area contributed by atoms with Crippen LogP contribution in [0.5, 0.6) is 5.75 Å². The smallest absolute Gasteiger partial charge is 0.336 e. The fourth-order valence-corrected chi connectivity index (χ4v) is 2.59. The first-order valence-electron chi connectivity index (χ1n) is 7.92. The minimum atomic E-state index is -1.00. The van der Waals surface area contributed by atoms with Gasteiger partial charge in [-0.15, -0.1) is 0 Å². The van der Waals surface area contributed by atoms with Crippen molar-refractivity contribution in [3.05, 3.63) is 89.5 Å². The quantitative estimate of drug-likeness (QED) is 0.693. The molecule has 0 spiro atoms. The van der Waals surface area contributed by atoms with Crippen LogP contribution in [0, 0.1) is 0 Å². The highest BCUT2D eigenvalue weighted by molar-refractivity contribution is 5.96. The average molecular weight is 348 g/mol. The normalized spacial score (nSPS) is 10.3. The van der Waals surface area contributed by atoms with Crippen LogP contribution < -0.4 is 4.74 Å².